The molecule has 4 aromatic rings. The number of nitrogens with one attached hydrogen (secondary N) is 2. The maximum atomic E-state index is 13.2. The van der Waals surface area contributed by atoms with Crippen LogP contribution in [0.3, 0.4) is 0 Å². The summed E-state index contributed by atoms with van der Waals surface area (Å²) in [5.41, 5.74) is 0.163. The molecule has 12 heteroatoms. The Balaban J connectivity index is 1.41. The molecule has 2 N–H and O–H groups in total. The van der Waals surface area contributed by atoms with E-state index < -0.39 is 35.8 Å². The first-order chi connectivity index (χ1) is 18.5. The molecule has 1 aromatic heterocycles. The Kier molecular flexibility index (Phi) is 8.15. The summed E-state index contributed by atoms with van der Waals surface area (Å²) < 4.78 is 63.4. The van der Waals surface area contributed by atoms with Crippen molar-refractivity contribution < 1.29 is 36.6 Å². The lowest BCUT2D eigenvalue weighted by Gasteiger charge is -2.15. The highest BCUT2D eigenvalue weighted by Crippen LogP contribution is 2.35. The van der Waals surface area contributed by atoms with E-state index in [-0.39, 0.29) is 22.9 Å². The van der Waals surface area contributed by atoms with Gasteiger partial charge in [0, 0.05) is 16.0 Å². The normalized spacial score (nSPS) is 11.1. The van der Waals surface area contributed by atoms with E-state index in [0.29, 0.717) is 16.4 Å². The number of ether oxygens (including phenoxy) is 2. The number of alkyl halides is 3. The zero-order chi connectivity index (χ0) is 28.2. The van der Waals surface area contributed by atoms with Crippen molar-refractivity contribution in [3.63, 3.8) is 0 Å². The van der Waals surface area contributed by atoms with E-state index in [1.165, 1.54) is 60.9 Å². The fraction of sp³-hybridized carbons (Fsp3) is 0.148. The number of benzene rings is 3. The molecule has 0 aliphatic rings. The first-order valence-electron chi connectivity index (χ1n) is 11.4. The zero-order valence-corrected chi connectivity index (χ0v) is 21.4. The van der Waals surface area contributed by atoms with Crippen molar-refractivity contribution in [2.75, 3.05) is 24.4 Å². The first-order valence-corrected chi connectivity index (χ1v) is 12.2. The fourth-order valence-corrected chi connectivity index (χ4v) is 4.42. The number of aryl methyl sites for hydroxylation is 1. The minimum absolute atomic E-state index is 0.108. The van der Waals surface area contributed by atoms with Gasteiger partial charge in [-0.2, -0.15) is 13.2 Å². The van der Waals surface area contributed by atoms with Gasteiger partial charge in [0.2, 0.25) is 0 Å². The Hall–Kier alpha value is -4.45. The predicted octanol–water partition coefficient (Wildman–Crippen LogP) is 6.55. The lowest BCUT2D eigenvalue weighted by molar-refractivity contribution is -0.137. The third-order valence-electron chi connectivity index (χ3n) is 5.43. The van der Waals surface area contributed by atoms with Gasteiger partial charge in [-0.15, -0.1) is 11.3 Å². The number of methoxy groups -OCH3 is 1. The van der Waals surface area contributed by atoms with Crippen molar-refractivity contribution in [2.24, 2.45) is 0 Å². The number of nitrogens with zero attached hydrogens (tertiary/aromatic N) is 1. The molecular formula is C27H21F4N3O4S. The third-order valence-corrected chi connectivity index (χ3v) is 6.31. The summed E-state index contributed by atoms with van der Waals surface area (Å²) in [6, 6.07) is 14.7. The highest BCUT2D eigenvalue weighted by molar-refractivity contribution is 7.16. The summed E-state index contributed by atoms with van der Waals surface area (Å²) in [6.45, 7) is 1.23. The van der Waals surface area contributed by atoms with E-state index in [1.807, 2.05) is 6.92 Å². The fourth-order valence-electron chi connectivity index (χ4n) is 3.59. The number of halogens is 4. The average Bonchev–Trinajstić information content (AvgIpc) is 3.27. The molecule has 1 heterocycles. The lowest BCUT2D eigenvalue weighted by atomic mass is 10.1. The van der Waals surface area contributed by atoms with E-state index in [9.17, 15) is 27.2 Å². The van der Waals surface area contributed by atoms with Crippen molar-refractivity contribution >= 4 is 34.0 Å². The summed E-state index contributed by atoms with van der Waals surface area (Å²) in [4.78, 5) is 30.4. The molecule has 2 amide bonds. The lowest BCUT2D eigenvalue weighted by Crippen LogP contribution is -2.22. The van der Waals surface area contributed by atoms with Crippen LogP contribution in [0.4, 0.5) is 28.4 Å². The molecule has 0 aliphatic heterocycles. The van der Waals surface area contributed by atoms with Gasteiger partial charge >= 0.3 is 6.18 Å². The smallest absolute Gasteiger partial charge is 0.418 e. The van der Waals surface area contributed by atoms with E-state index in [2.05, 4.69) is 15.6 Å². The predicted molar refractivity (Wildman–Crippen MR) is 139 cm³/mol. The topological polar surface area (TPSA) is 89.6 Å². The van der Waals surface area contributed by atoms with E-state index in [4.69, 9.17) is 9.47 Å². The summed E-state index contributed by atoms with van der Waals surface area (Å²) in [6.07, 6.45) is -4.63. The highest BCUT2D eigenvalue weighted by Gasteiger charge is 2.33. The molecular weight excluding hydrogens is 538 g/mol. The Morgan fingerprint density at radius 2 is 1.69 bits per heavy atom. The van der Waals surface area contributed by atoms with Crippen LogP contribution in [0, 0.1) is 12.7 Å². The number of carbonyl (C=O) groups excluding carboxylic acids is 2. The molecule has 4 rings (SSSR count). The van der Waals surface area contributed by atoms with Gasteiger partial charge in [0.15, 0.2) is 23.2 Å². The molecule has 0 atom stereocenters. The second-order valence-electron chi connectivity index (χ2n) is 8.13. The Bertz CT molecular complexity index is 1500. The maximum absolute atomic E-state index is 13.2. The summed E-state index contributed by atoms with van der Waals surface area (Å²) in [5, 5.41) is 5.24. The summed E-state index contributed by atoms with van der Waals surface area (Å²) in [5.74, 6) is -1.42. The van der Waals surface area contributed by atoms with E-state index in [1.54, 1.807) is 12.1 Å². The number of anilines is 2. The average molecular weight is 560 g/mol. The van der Waals surface area contributed by atoms with Crippen LogP contribution >= 0.6 is 11.3 Å². The van der Waals surface area contributed by atoms with Crippen LogP contribution < -0.4 is 20.1 Å². The van der Waals surface area contributed by atoms with Gasteiger partial charge in [-0.1, -0.05) is 12.1 Å². The number of thiazole rings is 1. The molecule has 0 unspecified atom stereocenters. The Morgan fingerprint density at radius 1 is 0.974 bits per heavy atom. The van der Waals surface area contributed by atoms with Crippen molar-refractivity contribution in [2.45, 2.75) is 13.1 Å². The molecule has 7 nitrogen and oxygen atoms in total. The monoisotopic (exact) mass is 559 g/mol. The van der Waals surface area contributed by atoms with Crippen LogP contribution in [-0.4, -0.2) is 30.5 Å². The molecule has 39 heavy (non-hydrogen) atoms. The third kappa shape index (κ3) is 6.71. The molecule has 3 aromatic carbocycles. The molecule has 0 spiro atoms. The van der Waals surface area contributed by atoms with Gasteiger partial charge < -0.3 is 14.8 Å². The van der Waals surface area contributed by atoms with Crippen molar-refractivity contribution in [3.8, 4) is 22.8 Å². The molecule has 0 saturated heterocycles. The van der Waals surface area contributed by atoms with Gasteiger partial charge in [-0.3, -0.25) is 14.9 Å². The Labute approximate surface area is 224 Å². The van der Waals surface area contributed by atoms with E-state index in [0.717, 1.165) is 17.0 Å². The van der Waals surface area contributed by atoms with Crippen LogP contribution in [0.1, 0.15) is 20.8 Å². The molecule has 0 saturated carbocycles. The van der Waals surface area contributed by atoms with Crippen LogP contribution in [0.25, 0.3) is 11.3 Å². The van der Waals surface area contributed by atoms with Crippen molar-refractivity contribution in [1.82, 2.24) is 4.98 Å². The van der Waals surface area contributed by atoms with Gasteiger partial charge in [0.05, 0.1) is 24.1 Å². The molecule has 0 bridgehead atoms. The highest BCUT2D eigenvalue weighted by atomic mass is 32.1. The second kappa shape index (κ2) is 11.5. The number of hydrogen-bond acceptors (Lipinski definition) is 6. The zero-order valence-electron chi connectivity index (χ0n) is 20.6. The maximum Gasteiger partial charge on any atom is 0.418 e. The minimum atomic E-state index is -4.63. The largest absolute Gasteiger partial charge is 0.493 e. The second-order valence-corrected chi connectivity index (χ2v) is 9.33. The number of aromatic nitrogens is 1. The molecule has 0 radical (unpaired) electrons. The van der Waals surface area contributed by atoms with Crippen LogP contribution in [-0.2, 0) is 11.0 Å². The summed E-state index contributed by atoms with van der Waals surface area (Å²) >= 11 is 1.26. The molecule has 202 valence electrons. The number of para-hydroxylation sites is 1. The number of rotatable bonds is 8. The van der Waals surface area contributed by atoms with Gasteiger partial charge in [0.1, 0.15) is 5.82 Å². The van der Waals surface area contributed by atoms with Crippen LogP contribution in [0.5, 0.6) is 11.5 Å². The van der Waals surface area contributed by atoms with Crippen molar-refractivity contribution in [3.05, 3.63) is 88.6 Å². The van der Waals surface area contributed by atoms with Gasteiger partial charge in [-0.05, 0) is 61.5 Å². The summed E-state index contributed by atoms with van der Waals surface area (Å²) in [7, 11) is 1.34. The van der Waals surface area contributed by atoms with E-state index >= 15 is 0 Å². The SMILES string of the molecule is COc1cc(C(=O)Nc2nc(-c3ccc(F)cc3)c(C)s2)ccc1OCC(=O)Nc1ccccc1C(F)(F)F. The van der Waals surface area contributed by atoms with Crippen LogP contribution in [0.2, 0.25) is 0 Å². The van der Waals surface area contributed by atoms with Gasteiger partial charge in [0.25, 0.3) is 11.8 Å². The van der Waals surface area contributed by atoms with Crippen LogP contribution in [0.15, 0.2) is 66.7 Å². The molecule has 0 aliphatic carbocycles. The quantitative estimate of drug-likeness (QED) is 0.239. The minimum Gasteiger partial charge on any atom is -0.493 e. The standard InChI is InChI=1S/C27H21F4N3O4S/c1-15-24(16-7-10-18(28)11-8-16)33-26(39-15)34-25(36)17-9-12-21(22(13-17)37-2)38-14-23(35)32-20-6-4-3-5-19(20)27(29,30)31/h3-13H,14H2,1-2H3,(H,32,35)(H,33,34,36). The number of amides is 2. The van der Waals surface area contributed by atoms with Gasteiger partial charge in [-0.25, -0.2) is 9.37 Å². The Morgan fingerprint density at radius 3 is 2.38 bits per heavy atom. The number of carbonyl (C=O) groups is 2. The number of hydrogen-bond donors (Lipinski definition) is 2. The molecule has 0 fully saturated rings. The van der Waals surface area contributed by atoms with Crippen molar-refractivity contribution in [1.29, 1.82) is 0 Å². The first kappa shape index (κ1) is 27.6.